The number of carbonyl (C=O) groups excluding carboxylic acids is 3. The Hall–Kier alpha value is 0.291. The van der Waals surface area contributed by atoms with E-state index >= 15 is 0 Å². The molecular formula is C11H20O4Sr. The molecule has 0 bridgehead atoms. The number of hydrogen-bond donors (Lipinski definition) is 0. The summed E-state index contributed by atoms with van der Waals surface area (Å²) in [6.07, 6.45) is 0. The standard InChI is InChI=1S/C11H18O4.Sr.2H/c1-10(2,3)7(12)8(13)15-9(14)11(4,5)6;;;/h1-6H3;;;. The molecule has 16 heavy (non-hydrogen) atoms. The molecule has 0 atom stereocenters. The van der Waals surface area contributed by atoms with E-state index in [4.69, 9.17) is 0 Å². The number of ketones is 1. The van der Waals surface area contributed by atoms with Gasteiger partial charge in [0.1, 0.15) is 0 Å². The first kappa shape index (κ1) is 18.7. The molecule has 0 aliphatic rings. The van der Waals surface area contributed by atoms with Gasteiger partial charge in [-0.05, 0) is 20.8 Å². The first-order valence-corrected chi connectivity index (χ1v) is 4.77. The van der Waals surface area contributed by atoms with Gasteiger partial charge in [0.15, 0.2) is 0 Å². The van der Waals surface area contributed by atoms with Gasteiger partial charge < -0.3 is 4.74 Å². The summed E-state index contributed by atoms with van der Waals surface area (Å²) in [5.74, 6) is -2.47. The van der Waals surface area contributed by atoms with Crippen LogP contribution in [0.15, 0.2) is 0 Å². The summed E-state index contributed by atoms with van der Waals surface area (Å²) in [6, 6.07) is 0. The molecule has 0 unspecified atom stereocenters. The van der Waals surface area contributed by atoms with E-state index in [0.29, 0.717) is 0 Å². The van der Waals surface area contributed by atoms with E-state index in [0.717, 1.165) is 0 Å². The van der Waals surface area contributed by atoms with Crippen LogP contribution in [0.25, 0.3) is 0 Å². The minimum atomic E-state index is -1.08. The van der Waals surface area contributed by atoms with Crippen molar-refractivity contribution >= 4 is 63.2 Å². The molecule has 0 saturated heterocycles. The predicted octanol–water partition coefficient (Wildman–Crippen LogP) is 0.801. The number of esters is 2. The Morgan fingerprint density at radius 3 is 1.44 bits per heavy atom. The average Bonchev–Trinajstić information content (AvgIpc) is 1.99. The van der Waals surface area contributed by atoms with Crippen molar-refractivity contribution < 1.29 is 19.1 Å². The van der Waals surface area contributed by atoms with E-state index < -0.39 is 28.6 Å². The fourth-order valence-electron chi connectivity index (χ4n) is 0.590. The maximum atomic E-state index is 11.4. The van der Waals surface area contributed by atoms with Crippen LogP contribution in [0.5, 0.6) is 0 Å². The molecule has 0 aromatic rings. The molecule has 0 rings (SSSR count). The third kappa shape index (κ3) is 6.13. The van der Waals surface area contributed by atoms with Gasteiger partial charge in [-0.25, -0.2) is 4.79 Å². The van der Waals surface area contributed by atoms with Gasteiger partial charge in [-0.1, -0.05) is 20.8 Å². The monoisotopic (exact) mass is 304 g/mol. The fraction of sp³-hybridized carbons (Fsp3) is 0.727. The topological polar surface area (TPSA) is 60.4 Å². The molecule has 0 aromatic carbocycles. The Labute approximate surface area is 133 Å². The predicted molar refractivity (Wildman–Crippen MR) is 63.6 cm³/mol. The minimum absolute atomic E-state index is 0. The Bertz CT molecular complexity index is 294. The second-order valence-corrected chi connectivity index (χ2v) is 5.51. The molecule has 0 N–H and O–H groups in total. The van der Waals surface area contributed by atoms with Crippen molar-refractivity contribution in [2.75, 3.05) is 0 Å². The van der Waals surface area contributed by atoms with Gasteiger partial charge in [0.25, 0.3) is 0 Å². The number of carbonyl (C=O) groups is 3. The van der Waals surface area contributed by atoms with Crippen LogP contribution in [0.1, 0.15) is 41.5 Å². The molecule has 0 heterocycles. The third-order valence-corrected chi connectivity index (χ3v) is 1.66. The first-order chi connectivity index (χ1) is 6.46. The summed E-state index contributed by atoms with van der Waals surface area (Å²) < 4.78 is 4.48. The quantitative estimate of drug-likeness (QED) is 0.311. The fourth-order valence-corrected chi connectivity index (χ4v) is 0.590. The zero-order valence-corrected chi connectivity index (χ0v) is 10.1. The van der Waals surface area contributed by atoms with Crippen LogP contribution in [0.4, 0.5) is 0 Å². The summed E-state index contributed by atoms with van der Waals surface area (Å²) in [6.45, 7) is 9.63. The molecule has 0 aromatic heterocycles. The molecule has 0 fully saturated rings. The van der Waals surface area contributed by atoms with E-state index in [2.05, 4.69) is 4.74 Å². The van der Waals surface area contributed by atoms with Crippen molar-refractivity contribution in [1.82, 2.24) is 0 Å². The Morgan fingerprint density at radius 1 is 0.812 bits per heavy atom. The van der Waals surface area contributed by atoms with E-state index in [1.165, 1.54) is 0 Å². The summed E-state index contributed by atoms with van der Waals surface area (Å²) in [5.41, 5.74) is -1.61. The SMILES string of the molecule is CC(C)(C)C(=O)OC(=O)C(=O)C(C)(C)C.[SrH2]. The Balaban J connectivity index is 0. The van der Waals surface area contributed by atoms with Crippen LogP contribution in [0, 0.1) is 10.8 Å². The van der Waals surface area contributed by atoms with Crippen molar-refractivity contribution in [1.29, 1.82) is 0 Å². The van der Waals surface area contributed by atoms with Gasteiger partial charge in [-0.2, -0.15) is 0 Å². The van der Waals surface area contributed by atoms with Crippen LogP contribution in [-0.2, 0) is 19.1 Å². The van der Waals surface area contributed by atoms with Crippen LogP contribution in [-0.4, -0.2) is 63.2 Å². The van der Waals surface area contributed by atoms with Crippen LogP contribution in [0.2, 0.25) is 0 Å². The Kier molecular flexibility index (Phi) is 7.33. The first-order valence-electron chi connectivity index (χ1n) is 4.77. The number of Topliss-reactive ketones (excluding diaryl/α,β-unsaturated/α-hetero) is 1. The number of rotatable bonds is 1. The second kappa shape index (κ2) is 6.28. The van der Waals surface area contributed by atoms with Gasteiger partial charge >= 0.3 is 57.4 Å². The van der Waals surface area contributed by atoms with E-state index in [-0.39, 0.29) is 45.5 Å². The molecule has 0 aliphatic heterocycles. The summed E-state index contributed by atoms with van der Waals surface area (Å²) >= 11 is 0. The van der Waals surface area contributed by atoms with Gasteiger partial charge in [0, 0.05) is 5.41 Å². The zero-order chi connectivity index (χ0) is 12.4. The summed E-state index contributed by atoms with van der Waals surface area (Å²) in [7, 11) is 0. The van der Waals surface area contributed by atoms with Crippen molar-refractivity contribution in [3.05, 3.63) is 0 Å². The molecular weight excluding hydrogens is 284 g/mol. The molecule has 0 spiro atoms. The maximum absolute atomic E-state index is 11.4. The average molecular weight is 304 g/mol. The van der Waals surface area contributed by atoms with Crippen molar-refractivity contribution in [3.63, 3.8) is 0 Å². The molecule has 0 amide bonds. The van der Waals surface area contributed by atoms with Gasteiger partial charge in [0.2, 0.25) is 5.78 Å². The number of ether oxygens (including phenoxy) is 1. The Morgan fingerprint density at radius 2 is 1.19 bits per heavy atom. The molecule has 0 saturated carbocycles. The van der Waals surface area contributed by atoms with Crippen molar-refractivity contribution in [3.8, 4) is 0 Å². The van der Waals surface area contributed by atoms with E-state index in [1.807, 2.05) is 0 Å². The van der Waals surface area contributed by atoms with Crippen molar-refractivity contribution in [2.45, 2.75) is 41.5 Å². The second-order valence-electron chi connectivity index (χ2n) is 5.51. The van der Waals surface area contributed by atoms with Crippen molar-refractivity contribution in [2.24, 2.45) is 10.8 Å². The normalized spacial score (nSPS) is 11.4. The van der Waals surface area contributed by atoms with E-state index in [1.54, 1.807) is 41.5 Å². The number of hydrogen-bond acceptors (Lipinski definition) is 4. The van der Waals surface area contributed by atoms with E-state index in [9.17, 15) is 14.4 Å². The molecule has 90 valence electrons. The summed E-state index contributed by atoms with van der Waals surface area (Å²) in [4.78, 5) is 34.0. The summed E-state index contributed by atoms with van der Waals surface area (Å²) in [5, 5.41) is 0. The molecule has 0 radical (unpaired) electrons. The van der Waals surface area contributed by atoms with Crippen LogP contribution in [0.3, 0.4) is 0 Å². The molecule has 5 heteroatoms. The van der Waals surface area contributed by atoms with Gasteiger partial charge in [0.05, 0.1) is 5.41 Å². The molecule has 0 aliphatic carbocycles. The van der Waals surface area contributed by atoms with Crippen LogP contribution >= 0.6 is 0 Å². The van der Waals surface area contributed by atoms with Crippen LogP contribution < -0.4 is 0 Å². The van der Waals surface area contributed by atoms with Gasteiger partial charge in [-0.15, -0.1) is 0 Å². The van der Waals surface area contributed by atoms with Gasteiger partial charge in [-0.3, -0.25) is 9.59 Å². The molecule has 4 nitrogen and oxygen atoms in total. The third-order valence-electron chi connectivity index (χ3n) is 1.66. The zero-order valence-electron chi connectivity index (χ0n) is 10.1.